The number of aromatic amines is 2. The first-order valence-corrected chi connectivity index (χ1v) is 33.7. The van der Waals surface area contributed by atoms with Crippen molar-refractivity contribution in [3.05, 3.63) is 336 Å². The van der Waals surface area contributed by atoms with Crippen LogP contribution in [0.25, 0.3) is 158 Å². The number of carbonyl (C=O) groups is 8. The molecule has 6 aliphatic rings. The van der Waals surface area contributed by atoms with Crippen molar-refractivity contribution in [2.45, 2.75) is 0 Å². The van der Waals surface area contributed by atoms with Crippen LogP contribution in [0, 0.1) is 0 Å². The number of carbonyl (C=O) groups excluding carboxylic acids is 8. The molecule has 0 saturated carbocycles. The van der Waals surface area contributed by atoms with Crippen LogP contribution in [0.2, 0.25) is 0 Å². The van der Waals surface area contributed by atoms with E-state index in [0.29, 0.717) is 67.3 Å². The Balaban J connectivity index is 0.861. The lowest BCUT2D eigenvalue weighted by Crippen LogP contribution is -2.06. The molecule has 12 nitrogen and oxygen atoms in total. The van der Waals surface area contributed by atoms with Crippen molar-refractivity contribution < 1.29 is 38.4 Å². The molecule has 11 aromatic rings. The molecule has 0 saturated heterocycles. The summed E-state index contributed by atoms with van der Waals surface area (Å²) in [5.74, 6) is -1.93. The minimum atomic E-state index is -0.246. The Morgan fingerprint density at radius 3 is 0.615 bits per heavy atom. The van der Waals surface area contributed by atoms with Gasteiger partial charge in [-0.1, -0.05) is 170 Å². The lowest BCUT2D eigenvalue weighted by Gasteiger charge is -2.11. The first-order chi connectivity index (χ1) is 50.7. The number of allylic oxidation sites excluding steroid dienone is 16. The molecule has 8 aromatic carbocycles. The van der Waals surface area contributed by atoms with Gasteiger partial charge in [-0.25, -0.2) is 9.97 Å². The second-order valence-electron chi connectivity index (χ2n) is 25.8. The van der Waals surface area contributed by atoms with Crippen LogP contribution in [0.3, 0.4) is 0 Å². The van der Waals surface area contributed by atoms with Gasteiger partial charge in [0.1, 0.15) is 0 Å². The Hall–Kier alpha value is -14.4. The summed E-state index contributed by atoms with van der Waals surface area (Å²) in [6, 6.07) is 71.5. The van der Waals surface area contributed by atoms with Gasteiger partial charge in [0.15, 0.2) is 46.3 Å². The minimum Gasteiger partial charge on any atom is -0.354 e. The molecule has 104 heavy (non-hydrogen) atoms. The highest BCUT2D eigenvalue weighted by atomic mass is 16.2. The van der Waals surface area contributed by atoms with Crippen LogP contribution in [-0.4, -0.2) is 66.2 Å². The maximum absolute atomic E-state index is 13.0. The first kappa shape index (κ1) is 63.1. The highest BCUT2D eigenvalue weighted by molar-refractivity contribution is 6.36. The van der Waals surface area contributed by atoms with Crippen molar-refractivity contribution in [2.24, 2.45) is 0 Å². The van der Waals surface area contributed by atoms with Crippen LogP contribution < -0.4 is 0 Å². The van der Waals surface area contributed by atoms with Gasteiger partial charge in [0.05, 0.1) is 22.8 Å². The molecule has 0 spiro atoms. The average Bonchev–Trinajstić information content (AvgIpc) is 1.62. The molecule has 2 aliphatic heterocycles. The molecule has 4 aliphatic carbocycles. The topological polar surface area (TPSA) is 194 Å². The molecule has 8 bridgehead atoms. The van der Waals surface area contributed by atoms with Gasteiger partial charge in [0.2, 0.25) is 0 Å². The first-order valence-electron chi connectivity index (χ1n) is 33.7. The molecule has 2 N–H and O–H groups in total. The second-order valence-corrected chi connectivity index (χ2v) is 25.8. The molecule has 3 aromatic heterocycles. The van der Waals surface area contributed by atoms with E-state index in [-0.39, 0.29) is 46.3 Å². The molecule has 0 amide bonds. The summed E-state index contributed by atoms with van der Waals surface area (Å²) in [5, 5.41) is 0. The molecule has 0 fully saturated rings. The number of aromatic nitrogens is 4. The summed E-state index contributed by atoms with van der Waals surface area (Å²) in [5.41, 5.74) is 23.2. The highest BCUT2D eigenvalue weighted by Gasteiger charge is 2.24. The van der Waals surface area contributed by atoms with Crippen LogP contribution in [0.1, 0.15) is 45.0 Å². The molecular weight excluding hydrogens is 1290 g/mol. The predicted molar refractivity (Wildman–Crippen MR) is 411 cm³/mol. The number of H-pyrrole nitrogens is 2. The molecule has 12 heteroatoms. The number of hydrogen-bond donors (Lipinski definition) is 2. The quantitative estimate of drug-likeness (QED) is 0.111. The zero-order chi connectivity index (χ0) is 70.7. The molecule has 490 valence electrons. The van der Waals surface area contributed by atoms with Crippen molar-refractivity contribution in [3.63, 3.8) is 0 Å². The minimum absolute atomic E-state index is 0.238. The van der Waals surface area contributed by atoms with Crippen LogP contribution in [0.4, 0.5) is 0 Å². The van der Waals surface area contributed by atoms with Gasteiger partial charge in [0.25, 0.3) is 0 Å². The second kappa shape index (κ2) is 26.1. The van der Waals surface area contributed by atoms with Gasteiger partial charge >= 0.3 is 0 Å². The molecule has 17 rings (SSSR count). The Morgan fingerprint density at radius 1 is 0.192 bits per heavy atom. The third kappa shape index (κ3) is 12.1. The van der Waals surface area contributed by atoms with Crippen molar-refractivity contribution in [1.29, 1.82) is 0 Å². The van der Waals surface area contributed by atoms with E-state index in [4.69, 9.17) is 9.97 Å². The lowest BCUT2D eigenvalue weighted by molar-refractivity contribution is -0.113. The van der Waals surface area contributed by atoms with Crippen molar-refractivity contribution in [2.75, 3.05) is 0 Å². The Bertz CT molecular complexity index is 5460. The number of nitrogens with zero attached hydrogens (tertiary/aromatic N) is 2. The van der Waals surface area contributed by atoms with E-state index in [2.05, 4.69) is 82.8 Å². The molecular formula is C92H54N4O8. The standard InChI is InChI=1S/C92H54N4O8/c97-69-29-41-85(101)73(49-69)65-9-1-5-61(45-65)53-13-21-57(22-14-53)89-77-33-35-79(93-77)90(58-23-15-54(16-24-58)62-6-2-10-66(46-62)74-50-70(98)30-42-86(74)102)81-37-39-83(95-81)92(60-27-19-56(20-28-60)64-8-4-12-68(48-64)76-52-72(100)32-44-88(76)104)84-40-38-82(96-84)91(80-36-34-78(89)94-80)59-25-17-55(18-26-59)63-7-3-11-67(47-63)75-51-71(99)31-43-87(75)103/h1-52,93,96H. The van der Waals surface area contributed by atoms with Gasteiger partial charge in [-0.2, -0.15) is 0 Å². The van der Waals surface area contributed by atoms with E-state index in [1.165, 1.54) is 72.9 Å². The van der Waals surface area contributed by atoms with E-state index in [0.717, 1.165) is 111 Å². The summed E-state index contributed by atoms with van der Waals surface area (Å²) < 4.78 is 0. The number of nitrogens with one attached hydrogen (secondary N) is 2. The van der Waals surface area contributed by atoms with E-state index < -0.39 is 0 Å². The van der Waals surface area contributed by atoms with Gasteiger partial charge in [-0.05, 0) is 235 Å². The Kier molecular flexibility index (Phi) is 15.8. The predicted octanol–water partition coefficient (Wildman–Crippen LogP) is 18.4. The fourth-order valence-corrected chi connectivity index (χ4v) is 14.1. The van der Waals surface area contributed by atoms with Gasteiger partial charge < -0.3 is 9.97 Å². The SMILES string of the molecule is O=C1C=CC(=O)C(c2cccc(-c3ccc(-c4c5nc(c(-c6ccc(-c7cccc(C8=CC(=O)C=CC8=O)c7)cc6)c6ccc([nH]6)c(-c6ccc(-c7cccc(C8=CC(=O)C=CC8=O)c7)cc6)c6nc(c(-c7ccc(-c8cccc(C9=CC(=O)C=CC9=O)c8)cc7)c7ccc4[nH]7)C=C6)C=C5)cc3)c2)=C1. The van der Waals surface area contributed by atoms with E-state index in [9.17, 15) is 38.4 Å². The summed E-state index contributed by atoms with van der Waals surface area (Å²) >= 11 is 0. The third-order valence-corrected chi connectivity index (χ3v) is 19.3. The van der Waals surface area contributed by atoms with Crippen molar-refractivity contribution in [3.8, 4) is 89.0 Å². The maximum Gasteiger partial charge on any atom is 0.186 e. The smallest absolute Gasteiger partial charge is 0.186 e. The van der Waals surface area contributed by atoms with Crippen LogP contribution in [0.5, 0.6) is 0 Å². The van der Waals surface area contributed by atoms with Gasteiger partial charge in [-0.3, -0.25) is 38.4 Å². The Labute approximate surface area is 595 Å². The van der Waals surface area contributed by atoms with Crippen LogP contribution >= 0.6 is 0 Å². The maximum atomic E-state index is 13.0. The molecule has 5 heterocycles. The summed E-state index contributed by atoms with van der Waals surface area (Å²) in [6.45, 7) is 0. The number of fused-ring (bicyclic) bond motifs is 8. The summed E-state index contributed by atoms with van der Waals surface area (Å²) in [4.78, 5) is 121. The summed E-state index contributed by atoms with van der Waals surface area (Å²) in [7, 11) is 0. The fraction of sp³-hybridized carbons (Fsp3) is 0. The molecule has 0 unspecified atom stereocenters. The largest absolute Gasteiger partial charge is 0.354 e. The zero-order valence-corrected chi connectivity index (χ0v) is 55.2. The number of rotatable bonds is 12. The lowest BCUT2D eigenvalue weighted by atomic mass is 9.93. The molecule has 0 radical (unpaired) electrons. The average molecular weight is 1340 g/mol. The third-order valence-electron chi connectivity index (χ3n) is 19.3. The zero-order valence-electron chi connectivity index (χ0n) is 55.2. The van der Waals surface area contributed by atoms with E-state index in [1.807, 2.05) is 170 Å². The van der Waals surface area contributed by atoms with Crippen LogP contribution in [0.15, 0.2) is 291 Å². The monoisotopic (exact) mass is 1340 g/mol. The Morgan fingerprint density at radius 2 is 0.394 bits per heavy atom. The highest BCUT2D eigenvalue weighted by Crippen LogP contribution is 2.42. The van der Waals surface area contributed by atoms with E-state index in [1.54, 1.807) is 0 Å². The number of benzene rings is 8. The van der Waals surface area contributed by atoms with Crippen molar-refractivity contribution in [1.82, 2.24) is 19.9 Å². The molecule has 0 atom stereocenters. The fourth-order valence-electron chi connectivity index (χ4n) is 14.1. The van der Waals surface area contributed by atoms with Gasteiger partial charge in [0, 0.05) is 66.6 Å². The van der Waals surface area contributed by atoms with Crippen LogP contribution in [-0.2, 0) is 38.4 Å². The van der Waals surface area contributed by atoms with E-state index >= 15 is 0 Å². The normalized spacial score (nSPS) is 14.7. The van der Waals surface area contributed by atoms with Gasteiger partial charge in [-0.15, -0.1) is 0 Å². The van der Waals surface area contributed by atoms with Crippen molar-refractivity contribution >= 4 is 115 Å². The summed E-state index contributed by atoms with van der Waals surface area (Å²) in [6.07, 6.45) is 24.0. The number of ketones is 8. The number of hydrogen-bond acceptors (Lipinski definition) is 10.